The molecule has 5 rings (SSSR count). The monoisotopic (exact) mass is 664 g/mol. The molecule has 0 radical (unpaired) electrons. The number of aromatic nitrogens is 1. The number of hydrogen-bond acceptors (Lipinski definition) is 5. The van der Waals surface area contributed by atoms with Crippen LogP contribution in [0.2, 0.25) is 10.0 Å². The van der Waals surface area contributed by atoms with Gasteiger partial charge >= 0.3 is 0 Å². The summed E-state index contributed by atoms with van der Waals surface area (Å²) in [6.07, 6.45) is 5.47. The van der Waals surface area contributed by atoms with Crippen molar-refractivity contribution in [3.8, 4) is 0 Å². The van der Waals surface area contributed by atoms with Gasteiger partial charge in [-0.3, -0.25) is 9.80 Å². The minimum absolute atomic E-state index is 0. The van der Waals surface area contributed by atoms with Crippen LogP contribution in [0.3, 0.4) is 0 Å². The molecule has 1 saturated heterocycles. The van der Waals surface area contributed by atoms with Gasteiger partial charge in [0.2, 0.25) is 0 Å². The number of carbonyl (C=O) groups excluding carboxylic acids is 1. The Hall–Kier alpha value is -2.32. The van der Waals surface area contributed by atoms with Crippen LogP contribution in [-0.2, 0) is 18.3 Å². The fraction of sp³-hybridized carbons (Fsp3) is 0.312. The molecular weight excluding hydrogens is 630 g/mol. The van der Waals surface area contributed by atoms with Gasteiger partial charge in [0.1, 0.15) is 0 Å². The maximum atomic E-state index is 13.7. The molecular formula is C32H36Cl4N4OS. The number of nitrogens with zero attached hydrogens (tertiary/aromatic N) is 3. The number of anilines is 1. The highest BCUT2D eigenvalue weighted by atomic mass is 35.5. The molecule has 5 nitrogen and oxygen atoms in total. The molecule has 0 atom stereocenters. The van der Waals surface area contributed by atoms with Crippen LogP contribution < -0.4 is 5.73 Å². The Balaban J connectivity index is 0.00000242. The first-order valence-corrected chi connectivity index (χ1v) is 15.3. The van der Waals surface area contributed by atoms with Crippen molar-refractivity contribution in [2.75, 3.05) is 25.9 Å². The van der Waals surface area contributed by atoms with Gasteiger partial charge in [0, 0.05) is 36.5 Å². The normalized spacial score (nSPS) is 14.5. The minimum Gasteiger partial charge on any atom is -0.375 e. The molecule has 0 aliphatic carbocycles. The molecule has 2 heterocycles. The summed E-state index contributed by atoms with van der Waals surface area (Å²) < 4.78 is 0. The lowest BCUT2D eigenvalue weighted by Gasteiger charge is -2.44. The topological polar surface area (TPSA) is 62.5 Å². The smallest absolute Gasteiger partial charge is 0.268 e. The molecule has 3 aromatic carbocycles. The molecule has 1 aliphatic heterocycles. The second-order valence-corrected chi connectivity index (χ2v) is 12.1. The predicted octanol–water partition coefficient (Wildman–Crippen LogP) is 8.51. The number of unbranched alkanes of at least 4 members (excludes halogenated alkanes) is 1. The van der Waals surface area contributed by atoms with Gasteiger partial charge in [-0.2, -0.15) is 0 Å². The largest absolute Gasteiger partial charge is 0.375 e. The summed E-state index contributed by atoms with van der Waals surface area (Å²) in [6, 6.07) is 24.3. The first-order chi connectivity index (χ1) is 19.4. The molecule has 0 saturated carbocycles. The number of rotatable bonds is 9. The number of hydrogen-bond donors (Lipinski definition) is 1. The maximum Gasteiger partial charge on any atom is 0.268 e. The number of amides is 1. The van der Waals surface area contributed by atoms with Gasteiger partial charge in [-0.25, -0.2) is 9.99 Å². The van der Waals surface area contributed by atoms with Crippen LogP contribution in [0.5, 0.6) is 0 Å². The summed E-state index contributed by atoms with van der Waals surface area (Å²) in [5.74, 6) is 0.0326. The number of carbonyl (C=O) groups is 1. The van der Waals surface area contributed by atoms with Crippen LogP contribution in [0.15, 0.2) is 78.2 Å². The van der Waals surface area contributed by atoms with E-state index in [2.05, 4.69) is 40.7 Å². The first kappa shape index (κ1) is 34.2. The molecule has 2 N–H and O–H groups in total. The van der Waals surface area contributed by atoms with Crippen LogP contribution in [0.1, 0.15) is 58.4 Å². The van der Waals surface area contributed by atoms with Crippen molar-refractivity contribution in [2.45, 2.75) is 43.9 Å². The Morgan fingerprint density at radius 2 is 1.62 bits per heavy atom. The quantitative estimate of drug-likeness (QED) is 0.182. The second-order valence-electron chi connectivity index (χ2n) is 10.4. The van der Waals surface area contributed by atoms with Crippen LogP contribution in [0.25, 0.3) is 0 Å². The SMILES string of the molecule is CN(C(=O)c1ccccc1CCCCc1ccc(Cl)c(Cl)c1)N1CCC(c2ccccc2)(c2csc(N)n2)CC1.Cl.Cl. The van der Waals surface area contributed by atoms with E-state index in [4.69, 9.17) is 33.9 Å². The van der Waals surface area contributed by atoms with Gasteiger partial charge in [0.15, 0.2) is 5.13 Å². The van der Waals surface area contributed by atoms with E-state index in [1.807, 2.05) is 49.5 Å². The van der Waals surface area contributed by atoms with E-state index < -0.39 is 0 Å². The zero-order chi connectivity index (χ0) is 28.1. The molecule has 0 bridgehead atoms. The maximum absolute atomic E-state index is 13.7. The van der Waals surface area contributed by atoms with Gasteiger partial charge in [0.05, 0.1) is 15.7 Å². The Labute approximate surface area is 274 Å². The highest BCUT2D eigenvalue weighted by molar-refractivity contribution is 7.13. The van der Waals surface area contributed by atoms with Crippen molar-refractivity contribution in [1.82, 2.24) is 15.0 Å². The standard InChI is InChI=1S/C32H34Cl2N4OS.2ClH/c1-37(38-19-17-32(18-20-38,25-12-3-2-4-13-25)29-22-40-31(35)36-29)30(39)26-14-8-7-11-24(26)10-6-5-9-23-15-16-27(33)28(34)21-23;;/h2-4,7-8,11-16,21-22H,5-6,9-10,17-20H2,1H3,(H2,35,36);2*1H. The van der Waals surface area contributed by atoms with Gasteiger partial charge in [-0.1, -0.05) is 77.8 Å². The minimum atomic E-state index is -0.206. The molecule has 10 heteroatoms. The molecule has 4 aromatic rings. The molecule has 1 amide bonds. The number of benzene rings is 3. The van der Waals surface area contributed by atoms with Crippen molar-refractivity contribution in [3.05, 3.63) is 116 Å². The molecule has 1 fully saturated rings. The third-order valence-corrected chi connectivity index (χ3v) is 9.46. The number of nitrogens with two attached hydrogens (primary N) is 1. The third kappa shape index (κ3) is 7.60. The van der Waals surface area contributed by atoms with Crippen molar-refractivity contribution in [1.29, 1.82) is 0 Å². The zero-order valence-corrected chi connectivity index (χ0v) is 27.4. The summed E-state index contributed by atoms with van der Waals surface area (Å²) in [6.45, 7) is 1.50. The van der Waals surface area contributed by atoms with Crippen molar-refractivity contribution < 1.29 is 4.79 Å². The zero-order valence-electron chi connectivity index (χ0n) is 23.5. The van der Waals surface area contributed by atoms with Crippen LogP contribution in [0.4, 0.5) is 5.13 Å². The van der Waals surface area contributed by atoms with Crippen LogP contribution >= 0.6 is 59.4 Å². The van der Waals surface area contributed by atoms with Gasteiger partial charge in [0.25, 0.3) is 5.91 Å². The third-order valence-electron chi connectivity index (χ3n) is 8.04. The van der Waals surface area contributed by atoms with Crippen molar-refractivity contribution in [2.24, 2.45) is 0 Å². The van der Waals surface area contributed by atoms with Crippen molar-refractivity contribution in [3.63, 3.8) is 0 Å². The predicted molar refractivity (Wildman–Crippen MR) is 181 cm³/mol. The van der Waals surface area contributed by atoms with E-state index in [-0.39, 0.29) is 36.1 Å². The van der Waals surface area contributed by atoms with Crippen molar-refractivity contribution >= 4 is 70.4 Å². The van der Waals surface area contributed by atoms with E-state index in [1.165, 1.54) is 22.5 Å². The Morgan fingerprint density at radius 3 is 2.29 bits per heavy atom. The average Bonchev–Trinajstić information content (AvgIpc) is 3.44. The number of nitrogen functional groups attached to an aromatic ring is 1. The van der Waals surface area contributed by atoms with E-state index in [9.17, 15) is 4.79 Å². The lowest BCUT2D eigenvalue weighted by molar-refractivity contribution is -0.0154. The first-order valence-electron chi connectivity index (χ1n) is 13.7. The Bertz CT molecular complexity index is 1460. The Morgan fingerprint density at radius 1 is 0.952 bits per heavy atom. The van der Waals surface area contributed by atoms with E-state index in [0.29, 0.717) is 15.2 Å². The van der Waals surface area contributed by atoms with E-state index in [0.717, 1.165) is 68.4 Å². The molecule has 1 aromatic heterocycles. The second kappa shape index (κ2) is 15.4. The fourth-order valence-electron chi connectivity index (χ4n) is 5.72. The van der Waals surface area contributed by atoms with Crippen LogP contribution in [0, 0.1) is 0 Å². The summed E-state index contributed by atoms with van der Waals surface area (Å²) in [4.78, 5) is 18.4. The molecule has 1 aliphatic rings. The van der Waals surface area contributed by atoms with Crippen LogP contribution in [-0.4, -0.2) is 41.0 Å². The number of aryl methyl sites for hydroxylation is 2. The summed E-state index contributed by atoms with van der Waals surface area (Å²) in [5.41, 5.74) is 11.1. The molecule has 0 spiro atoms. The Kier molecular flexibility index (Phi) is 12.5. The molecule has 42 heavy (non-hydrogen) atoms. The van der Waals surface area contributed by atoms with Gasteiger partial charge in [-0.15, -0.1) is 36.2 Å². The van der Waals surface area contributed by atoms with E-state index in [1.54, 1.807) is 5.01 Å². The summed E-state index contributed by atoms with van der Waals surface area (Å²) >= 11 is 13.7. The number of hydrazine groups is 1. The number of piperidine rings is 1. The highest BCUT2D eigenvalue weighted by Crippen LogP contribution is 2.42. The lowest BCUT2D eigenvalue weighted by Crippen LogP contribution is -2.51. The molecule has 224 valence electrons. The molecule has 0 unspecified atom stereocenters. The lowest BCUT2D eigenvalue weighted by atomic mass is 9.71. The fourth-order valence-corrected chi connectivity index (χ4v) is 6.71. The van der Waals surface area contributed by atoms with E-state index >= 15 is 0 Å². The number of thiazole rings is 1. The summed E-state index contributed by atoms with van der Waals surface area (Å²) in [7, 11) is 1.89. The highest BCUT2D eigenvalue weighted by Gasteiger charge is 2.41. The van der Waals surface area contributed by atoms with Gasteiger partial charge < -0.3 is 5.73 Å². The number of halogens is 4. The van der Waals surface area contributed by atoms with Gasteiger partial charge in [-0.05, 0) is 73.4 Å². The summed E-state index contributed by atoms with van der Waals surface area (Å²) in [5, 5.41) is 7.82. The average molecular weight is 667 g/mol.